The fourth-order valence-electron chi connectivity index (χ4n) is 1.14. The van der Waals surface area contributed by atoms with E-state index in [0.717, 1.165) is 5.69 Å². The molecule has 0 atom stereocenters. The fraction of sp³-hybridized carbons (Fsp3) is 0.455. The maximum Gasteiger partial charge on any atom is 0.343 e. The van der Waals surface area contributed by atoms with Crippen molar-refractivity contribution in [2.75, 3.05) is 13.2 Å². The molecule has 0 unspecified atom stereocenters. The third kappa shape index (κ3) is 2.94. The highest BCUT2D eigenvalue weighted by atomic mass is 16.5. The van der Waals surface area contributed by atoms with Crippen LogP contribution in [0.5, 0.6) is 5.88 Å². The molecule has 4 nitrogen and oxygen atoms in total. The first kappa shape index (κ1) is 11.5. The Bertz CT molecular complexity index is 350. The Hall–Kier alpha value is -1.58. The van der Waals surface area contributed by atoms with Crippen LogP contribution in [0.25, 0.3) is 0 Å². The summed E-state index contributed by atoms with van der Waals surface area (Å²) in [6.07, 6.45) is 0. The summed E-state index contributed by atoms with van der Waals surface area (Å²) in [7, 11) is 0. The molecule has 0 radical (unpaired) electrons. The molecule has 0 saturated heterocycles. The second-order valence-electron chi connectivity index (χ2n) is 2.96. The minimum Gasteiger partial charge on any atom is -0.477 e. The van der Waals surface area contributed by atoms with Gasteiger partial charge in [-0.1, -0.05) is 0 Å². The van der Waals surface area contributed by atoms with Crippen molar-refractivity contribution in [3.8, 4) is 5.88 Å². The fourth-order valence-corrected chi connectivity index (χ4v) is 1.14. The zero-order valence-corrected chi connectivity index (χ0v) is 9.24. The van der Waals surface area contributed by atoms with E-state index in [1.807, 2.05) is 13.8 Å². The van der Waals surface area contributed by atoms with Crippen LogP contribution in [-0.2, 0) is 4.74 Å². The molecular weight excluding hydrogens is 194 g/mol. The van der Waals surface area contributed by atoms with Crippen molar-refractivity contribution in [3.63, 3.8) is 0 Å². The van der Waals surface area contributed by atoms with Crippen LogP contribution < -0.4 is 4.74 Å². The van der Waals surface area contributed by atoms with E-state index < -0.39 is 5.97 Å². The van der Waals surface area contributed by atoms with E-state index in [1.54, 1.807) is 19.1 Å². The average molecular weight is 209 g/mol. The van der Waals surface area contributed by atoms with Crippen molar-refractivity contribution in [2.24, 2.45) is 0 Å². The minimum absolute atomic E-state index is 0.343. The molecule has 1 heterocycles. The van der Waals surface area contributed by atoms with E-state index in [0.29, 0.717) is 24.7 Å². The van der Waals surface area contributed by atoms with Gasteiger partial charge in [-0.25, -0.2) is 9.78 Å². The van der Waals surface area contributed by atoms with Crippen LogP contribution in [0.4, 0.5) is 0 Å². The lowest BCUT2D eigenvalue weighted by Gasteiger charge is -2.08. The van der Waals surface area contributed by atoms with Crippen molar-refractivity contribution >= 4 is 5.97 Å². The van der Waals surface area contributed by atoms with Gasteiger partial charge in [0.2, 0.25) is 5.88 Å². The predicted octanol–water partition coefficient (Wildman–Crippen LogP) is 1.97. The molecule has 4 heteroatoms. The van der Waals surface area contributed by atoms with Gasteiger partial charge in [-0.05, 0) is 32.9 Å². The Morgan fingerprint density at radius 2 is 2.07 bits per heavy atom. The van der Waals surface area contributed by atoms with Gasteiger partial charge >= 0.3 is 5.97 Å². The molecule has 0 spiro atoms. The number of pyridine rings is 1. The summed E-state index contributed by atoms with van der Waals surface area (Å²) in [4.78, 5) is 15.7. The molecule has 0 N–H and O–H groups in total. The summed E-state index contributed by atoms with van der Waals surface area (Å²) in [5.74, 6) is -0.0515. The van der Waals surface area contributed by atoms with Crippen molar-refractivity contribution in [1.82, 2.24) is 4.98 Å². The molecule has 1 aromatic heterocycles. The number of rotatable bonds is 4. The summed E-state index contributed by atoms with van der Waals surface area (Å²) in [5, 5.41) is 0. The van der Waals surface area contributed by atoms with Gasteiger partial charge in [0.15, 0.2) is 0 Å². The Kier molecular flexibility index (Phi) is 4.09. The van der Waals surface area contributed by atoms with E-state index in [9.17, 15) is 4.79 Å². The maximum atomic E-state index is 11.5. The van der Waals surface area contributed by atoms with Crippen molar-refractivity contribution < 1.29 is 14.3 Å². The number of aromatic nitrogens is 1. The van der Waals surface area contributed by atoms with Crippen LogP contribution in [0.3, 0.4) is 0 Å². The van der Waals surface area contributed by atoms with E-state index in [1.165, 1.54) is 0 Å². The molecular formula is C11H15NO3. The van der Waals surface area contributed by atoms with E-state index in [4.69, 9.17) is 9.47 Å². The number of hydrogen-bond donors (Lipinski definition) is 0. The number of carbonyl (C=O) groups excluding carboxylic acids is 1. The van der Waals surface area contributed by atoms with Gasteiger partial charge in [-0.3, -0.25) is 0 Å². The molecule has 1 aromatic rings. The van der Waals surface area contributed by atoms with Gasteiger partial charge in [-0.15, -0.1) is 0 Å². The Morgan fingerprint density at radius 3 is 2.67 bits per heavy atom. The normalized spacial score (nSPS) is 9.80. The third-order valence-corrected chi connectivity index (χ3v) is 1.78. The SMILES string of the molecule is CCOC(=O)c1ccc(C)nc1OCC. The summed E-state index contributed by atoms with van der Waals surface area (Å²) >= 11 is 0. The summed E-state index contributed by atoms with van der Waals surface area (Å²) < 4.78 is 10.2. The van der Waals surface area contributed by atoms with Gasteiger partial charge < -0.3 is 9.47 Å². The summed E-state index contributed by atoms with van der Waals surface area (Å²) in [6.45, 7) is 6.28. The van der Waals surface area contributed by atoms with Crippen molar-refractivity contribution in [1.29, 1.82) is 0 Å². The number of carbonyl (C=O) groups is 1. The standard InChI is InChI=1S/C11H15NO3/c1-4-14-10-9(11(13)15-5-2)7-6-8(3)12-10/h6-7H,4-5H2,1-3H3. The van der Waals surface area contributed by atoms with Crippen LogP contribution in [0, 0.1) is 6.92 Å². The highest BCUT2D eigenvalue weighted by Crippen LogP contribution is 2.17. The van der Waals surface area contributed by atoms with Crippen LogP contribution in [0.15, 0.2) is 12.1 Å². The number of aryl methyl sites for hydroxylation is 1. The van der Waals surface area contributed by atoms with Crippen molar-refractivity contribution in [3.05, 3.63) is 23.4 Å². The molecule has 0 amide bonds. The quantitative estimate of drug-likeness (QED) is 0.711. The molecule has 15 heavy (non-hydrogen) atoms. The lowest BCUT2D eigenvalue weighted by atomic mass is 10.2. The highest BCUT2D eigenvalue weighted by Gasteiger charge is 2.14. The monoisotopic (exact) mass is 209 g/mol. The first-order valence-corrected chi connectivity index (χ1v) is 4.96. The highest BCUT2D eigenvalue weighted by molar-refractivity contribution is 5.91. The van der Waals surface area contributed by atoms with Crippen LogP contribution in [0.2, 0.25) is 0 Å². The lowest BCUT2D eigenvalue weighted by molar-refractivity contribution is 0.0521. The second kappa shape index (κ2) is 5.34. The smallest absolute Gasteiger partial charge is 0.343 e. The number of ether oxygens (including phenoxy) is 2. The largest absolute Gasteiger partial charge is 0.477 e. The van der Waals surface area contributed by atoms with Gasteiger partial charge in [0.25, 0.3) is 0 Å². The summed E-state index contributed by atoms with van der Waals surface area (Å²) in [6, 6.07) is 3.43. The van der Waals surface area contributed by atoms with Gasteiger partial charge in [0.05, 0.1) is 13.2 Å². The van der Waals surface area contributed by atoms with E-state index in [-0.39, 0.29) is 0 Å². The van der Waals surface area contributed by atoms with Crippen molar-refractivity contribution in [2.45, 2.75) is 20.8 Å². The Labute approximate surface area is 89.2 Å². The molecule has 0 bridgehead atoms. The predicted molar refractivity (Wildman–Crippen MR) is 56.1 cm³/mol. The van der Waals surface area contributed by atoms with Gasteiger partial charge in [0.1, 0.15) is 5.56 Å². The number of nitrogens with zero attached hydrogens (tertiary/aromatic N) is 1. The molecule has 1 rings (SSSR count). The van der Waals surface area contributed by atoms with Crippen LogP contribution >= 0.6 is 0 Å². The first-order valence-electron chi connectivity index (χ1n) is 4.96. The minimum atomic E-state index is -0.395. The molecule has 0 aromatic carbocycles. The van der Waals surface area contributed by atoms with E-state index >= 15 is 0 Å². The molecule has 0 saturated carbocycles. The van der Waals surface area contributed by atoms with Crippen LogP contribution in [-0.4, -0.2) is 24.2 Å². The zero-order valence-electron chi connectivity index (χ0n) is 9.24. The Balaban J connectivity index is 2.99. The molecule has 0 aliphatic rings. The average Bonchev–Trinajstić information content (AvgIpc) is 2.18. The summed E-state index contributed by atoms with van der Waals surface area (Å²) in [5.41, 5.74) is 1.19. The van der Waals surface area contributed by atoms with Crippen LogP contribution in [0.1, 0.15) is 29.9 Å². The molecule has 0 aliphatic carbocycles. The third-order valence-electron chi connectivity index (χ3n) is 1.78. The van der Waals surface area contributed by atoms with Gasteiger partial charge in [-0.2, -0.15) is 0 Å². The first-order chi connectivity index (χ1) is 7.19. The molecule has 82 valence electrons. The second-order valence-corrected chi connectivity index (χ2v) is 2.96. The Morgan fingerprint density at radius 1 is 1.33 bits per heavy atom. The topological polar surface area (TPSA) is 48.4 Å². The number of hydrogen-bond acceptors (Lipinski definition) is 4. The van der Waals surface area contributed by atoms with Gasteiger partial charge in [0, 0.05) is 5.69 Å². The zero-order chi connectivity index (χ0) is 11.3. The number of esters is 1. The maximum absolute atomic E-state index is 11.5. The molecule has 0 fully saturated rings. The van der Waals surface area contributed by atoms with E-state index in [2.05, 4.69) is 4.98 Å². The molecule has 0 aliphatic heterocycles. The lowest BCUT2D eigenvalue weighted by Crippen LogP contribution is -2.09.